The first-order valence-corrected chi connectivity index (χ1v) is 8.49. The molecule has 0 saturated heterocycles. The molecule has 0 aliphatic carbocycles. The number of hydrogen-bond acceptors (Lipinski definition) is 3. The smallest absolute Gasteiger partial charge is 0.265 e. The summed E-state index contributed by atoms with van der Waals surface area (Å²) >= 11 is 0. The van der Waals surface area contributed by atoms with E-state index in [0.717, 1.165) is 12.8 Å². The highest BCUT2D eigenvalue weighted by atomic mass is 16.5. The van der Waals surface area contributed by atoms with Crippen LogP contribution in [0.1, 0.15) is 33.1 Å². The summed E-state index contributed by atoms with van der Waals surface area (Å²) in [5.41, 5.74) is 0.675. The third-order valence-electron chi connectivity index (χ3n) is 3.59. The van der Waals surface area contributed by atoms with Crippen LogP contribution in [-0.2, 0) is 4.79 Å². The average molecular weight is 327 g/mol. The number of carbonyl (C=O) groups is 1. The number of amides is 1. The van der Waals surface area contributed by atoms with E-state index in [0.29, 0.717) is 30.2 Å². The lowest BCUT2D eigenvalue weighted by Crippen LogP contribution is -2.32. The van der Waals surface area contributed by atoms with E-state index in [1.54, 1.807) is 0 Å². The second kappa shape index (κ2) is 9.60. The van der Waals surface area contributed by atoms with Gasteiger partial charge in [-0.15, -0.1) is 0 Å². The quantitative estimate of drug-likeness (QED) is 0.681. The van der Waals surface area contributed by atoms with Crippen LogP contribution in [0.4, 0.5) is 5.69 Å². The maximum absolute atomic E-state index is 12.5. The second-order valence-corrected chi connectivity index (χ2v) is 5.52. The Kier molecular flexibility index (Phi) is 7.15. The molecule has 0 fully saturated rings. The first-order valence-electron chi connectivity index (χ1n) is 8.49. The fourth-order valence-corrected chi connectivity index (χ4v) is 2.22. The highest BCUT2D eigenvalue weighted by Crippen LogP contribution is 2.25. The molecule has 1 unspecified atom stereocenters. The predicted molar refractivity (Wildman–Crippen MR) is 96.6 cm³/mol. The van der Waals surface area contributed by atoms with Gasteiger partial charge in [0.15, 0.2) is 6.10 Å². The van der Waals surface area contributed by atoms with Crippen LogP contribution in [0.15, 0.2) is 54.6 Å². The maximum atomic E-state index is 12.5. The van der Waals surface area contributed by atoms with E-state index >= 15 is 0 Å². The molecule has 0 radical (unpaired) electrons. The van der Waals surface area contributed by atoms with Gasteiger partial charge in [-0.1, -0.05) is 50.6 Å². The van der Waals surface area contributed by atoms with Gasteiger partial charge >= 0.3 is 0 Å². The Bertz CT molecular complexity index is 628. The highest BCUT2D eigenvalue weighted by molar-refractivity contribution is 5.95. The minimum absolute atomic E-state index is 0.173. The summed E-state index contributed by atoms with van der Waals surface area (Å²) in [5, 5.41) is 2.92. The summed E-state index contributed by atoms with van der Waals surface area (Å²) in [6.07, 6.45) is 2.09. The molecular formula is C20H25NO3. The number of nitrogens with one attached hydrogen (secondary N) is 1. The topological polar surface area (TPSA) is 47.6 Å². The Hall–Kier alpha value is -2.49. The Labute approximate surface area is 143 Å². The van der Waals surface area contributed by atoms with E-state index in [4.69, 9.17) is 9.47 Å². The molecule has 0 bridgehead atoms. The Morgan fingerprint density at radius 2 is 1.75 bits per heavy atom. The minimum Gasteiger partial charge on any atom is -0.491 e. The monoisotopic (exact) mass is 327 g/mol. The molecule has 0 aromatic heterocycles. The number of rotatable bonds is 9. The van der Waals surface area contributed by atoms with Gasteiger partial charge in [0.1, 0.15) is 11.5 Å². The minimum atomic E-state index is -0.545. The van der Waals surface area contributed by atoms with Crippen LogP contribution in [0.3, 0.4) is 0 Å². The molecule has 4 nitrogen and oxygen atoms in total. The molecular weight excluding hydrogens is 302 g/mol. The zero-order valence-corrected chi connectivity index (χ0v) is 14.3. The summed E-state index contributed by atoms with van der Waals surface area (Å²) in [4.78, 5) is 12.5. The highest BCUT2D eigenvalue weighted by Gasteiger charge is 2.19. The van der Waals surface area contributed by atoms with Crippen molar-refractivity contribution in [2.75, 3.05) is 11.9 Å². The average Bonchev–Trinajstić information content (AvgIpc) is 2.62. The van der Waals surface area contributed by atoms with Crippen LogP contribution in [-0.4, -0.2) is 18.6 Å². The van der Waals surface area contributed by atoms with Gasteiger partial charge in [0.2, 0.25) is 0 Å². The standard InChI is InChI=1S/C20H25NO3/c1-3-5-15-23-19-14-10-9-13-17(19)21-20(22)18(4-2)24-16-11-7-6-8-12-16/h6-14,18H,3-5,15H2,1-2H3,(H,21,22). The maximum Gasteiger partial charge on any atom is 0.265 e. The molecule has 0 spiro atoms. The van der Waals surface area contributed by atoms with Crippen molar-refractivity contribution in [1.29, 1.82) is 0 Å². The lowest BCUT2D eigenvalue weighted by atomic mass is 10.2. The van der Waals surface area contributed by atoms with Crippen molar-refractivity contribution in [3.05, 3.63) is 54.6 Å². The molecule has 0 aliphatic heterocycles. The Morgan fingerprint density at radius 3 is 2.46 bits per heavy atom. The van der Waals surface area contributed by atoms with Crippen LogP contribution in [0.25, 0.3) is 0 Å². The van der Waals surface area contributed by atoms with Crippen molar-refractivity contribution < 1.29 is 14.3 Å². The van der Waals surface area contributed by atoms with E-state index in [1.807, 2.05) is 61.5 Å². The van der Waals surface area contributed by atoms with E-state index < -0.39 is 6.10 Å². The molecule has 0 saturated carbocycles. The number of para-hydroxylation sites is 3. The summed E-state index contributed by atoms with van der Waals surface area (Å²) < 4.78 is 11.5. The molecule has 1 atom stereocenters. The molecule has 128 valence electrons. The fourth-order valence-electron chi connectivity index (χ4n) is 2.22. The van der Waals surface area contributed by atoms with Gasteiger partial charge in [-0.05, 0) is 37.1 Å². The largest absolute Gasteiger partial charge is 0.491 e. The van der Waals surface area contributed by atoms with Gasteiger partial charge in [0.05, 0.1) is 12.3 Å². The Morgan fingerprint density at radius 1 is 1.04 bits per heavy atom. The first-order chi connectivity index (χ1) is 11.7. The second-order valence-electron chi connectivity index (χ2n) is 5.52. The predicted octanol–water partition coefficient (Wildman–Crippen LogP) is 4.66. The van der Waals surface area contributed by atoms with Crippen LogP contribution in [0, 0.1) is 0 Å². The van der Waals surface area contributed by atoms with Crippen molar-refractivity contribution in [3.8, 4) is 11.5 Å². The van der Waals surface area contributed by atoms with Gasteiger partial charge in [0.25, 0.3) is 5.91 Å². The third-order valence-corrected chi connectivity index (χ3v) is 3.59. The molecule has 0 heterocycles. The zero-order valence-electron chi connectivity index (χ0n) is 14.3. The van der Waals surface area contributed by atoms with Gasteiger partial charge < -0.3 is 14.8 Å². The number of ether oxygens (including phenoxy) is 2. The summed E-state index contributed by atoms with van der Waals surface area (Å²) in [5.74, 6) is 1.20. The van der Waals surface area contributed by atoms with Crippen molar-refractivity contribution >= 4 is 11.6 Å². The molecule has 1 N–H and O–H groups in total. The molecule has 2 rings (SSSR count). The van der Waals surface area contributed by atoms with Crippen LogP contribution in [0.2, 0.25) is 0 Å². The Balaban J connectivity index is 2.02. The van der Waals surface area contributed by atoms with Gasteiger partial charge in [-0.25, -0.2) is 0 Å². The number of unbranched alkanes of at least 4 members (excludes halogenated alkanes) is 1. The lowest BCUT2D eigenvalue weighted by molar-refractivity contribution is -0.122. The third kappa shape index (κ3) is 5.30. The molecule has 2 aromatic rings. The molecule has 2 aromatic carbocycles. The molecule has 1 amide bonds. The van der Waals surface area contributed by atoms with Crippen LogP contribution in [0.5, 0.6) is 11.5 Å². The normalized spacial score (nSPS) is 11.6. The summed E-state index contributed by atoms with van der Waals surface area (Å²) in [6.45, 7) is 4.68. The molecule has 0 aliphatic rings. The van der Waals surface area contributed by atoms with E-state index in [1.165, 1.54) is 0 Å². The van der Waals surface area contributed by atoms with Gasteiger partial charge in [-0.2, -0.15) is 0 Å². The van der Waals surface area contributed by atoms with Crippen molar-refractivity contribution in [2.24, 2.45) is 0 Å². The van der Waals surface area contributed by atoms with Gasteiger partial charge in [0, 0.05) is 0 Å². The number of carbonyl (C=O) groups excluding carboxylic acids is 1. The first kappa shape index (κ1) is 17.9. The van der Waals surface area contributed by atoms with Crippen LogP contribution >= 0.6 is 0 Å². The number of benzene rings is 2. The number of hydrogen-bond donors (Lipinski definition) is 1. The molecule has 24 heavy (non-hydrogen) atoms. The van der Waals surface area contributed by atoms with Crippen molar-refractivity contribution in [2.45, 2.75) is 39.2 Å². The SMILES string of the molecule is CCCCOc1ccccc1NC(=O)C(CC)Oc1ccccc1. The summed E-state index contributed by atoms with van der Waals surface area (Å²) in [6, 6.07) is 16.9. The van der Waals surface area contributed by atoms with E-state index in [9.17, 15) is 4.79 Å². The van der Waals surface area contributed by atoms with E-state index in [2.05, 4.69) is 12.2 Å². The molecule has 4 heteroatoms. The van der Waals surface area contributed by atoms with Crippen LogP contribution < -0.4 is 14.8 Å². The fraction of sp³-hybridized carbons (Fsp3) is 0.350. The van der Waals surface area contributed by atoms with Crippen molar-refractivity contribution in [3.63, 3.8) is 0 Å². The van der Waals surface area contributed by atoms with Gasteiger partial charge in [-0.3, -0.25) is 4.79 Å². The number of anilines is 1. The zero-order chi connectivity index (χ0) is 17.2. The van der Waals surface area contributed by atoms with E-state index in [-0.39, 0.29) is 5.91 Å². The summed E-state index contributed by atoms with van der Waals surface area (Å²) in [7, 11) is 0. The van der Waals surface area contributed by atoms with Crippen molar-refractivity contribution in [1.82, 2.24) is 0 Å². The lowest BCUT2D eigenvalue weighted by Gasteiger charge is -2.18.